The Balaban J connectivity index is 1.49. The van der Waals surface area contributed by atoms with Gasteiger partial charge in [-0.3, -0.25) is 9.36 Å². The van der Waals surface area contributed by atoms with Gasteiger partial charge in [0.2, 0.25) is 15.9 Å². The zero-order valence-electron chi connectivity index (χ0n) is 18.0. The van der Waals surface area contributed by atoms with E-state index in [0.29, 0.717) is 35.4 Å². The first kappa shape index (κ1) is 23.7. The monoisotopic (exact) mass is 494 g/mol. The molecule has 33 heavy (non-hydrogen) atoms. The van der Waals surface area contributed by atoms with Crippen LogP contribution in [-0.2, 0) is 14.8 Å². The highest BCUT2D eigenvalue weighted by Gasteiger charge is 2.26. The van der Waals surface area contributed by atoms with E-state index >= 15 is 0 Å². The minimum absolute atomic E-state index is 0.0412. The highest BCUT2D eigenvalue weighted by molar-refractivity contribution is 7.99. The molecule has 176 valence electrons. The molecule has 1 fully saturated rings. The number of nitrogens with zero attached hydrogens (tertiary/aromatic N) is 3. The van der Waals surface area contributed by atoms with Gasteiger partial charge in [-0.05, 0) is 49.6 Å². The Hall–Kier alpha value is -2.50. The molecule has 2 aromatic carbocycles. The van der Waals surface area contributed by atoms with Gasteiger partial charge in [0.25, 0.3) is 0 Å². The maximum Gasteiger partial charge on any atom is 0.321 e. The molecule has 0 unspecified atom stereocenters. The number of anilines is 1. The van der Waals surface area contributed by atoms with Crippen LogP contribution in [0.2, 0.25) is 0 Å². The SMILES string of the molecule is Cc1ccc(S(=O)(=O)N2CCCCC2)cc1NC(=O)CSc1nc2ccccc2n1C(F)F. The Bertz CT molecular complexity index is 1270. The van der Waals surface area contributed by atoms with Crippen molar-refractivity contribution in [3.05, 3.63) is 48.0 Å². The number of piperidine rings is 1. The van der Waals surface area contributed by atoms with Crippen molar-refractivity contribution in [2.24, 2.45) is 0 Å². The van der Waals surface area contributed by atoms with Crippen LogP contribution in [0.3, 0.4) is 0 Å². The molecule has 3 aromatic rings. The largest absolute Gasteiger partial charge is 0.325 e. The Morgan fingerprint density at radius 1 is 1.15 bits per heavy atom. The fourth-order valence-electron chi connectivity index (χ4n) is 3.78. The number of aryl methyl sites for hydroxylation is 1. The van der Waals surface area contributed by atoms with Gasteiger partial charge in [-0.1, -0.05) is 36.4 Å². The number of alkyl halides is 2. The zero-order valence-corrected chi connectivity index (χ0v) is 19.6. The minimum Gasteiger partial charge on any atom is -0.325 e. The van der Waals surface area contributed by atoms with Crippen LogP contribution >= 0.6 is 11.8 Å². The number of thioether (sulfide) groups is 1. The molecule has 1 aromatic heterocycles. The molecular formula is C22H24F2N4O3S2. The van der Waals surface area contributed by atoms with Crippen LogP contribution < -0.4 is 5.32 Å². The lowest BCUT2D eigenvalue weighted by atomic mass is 10.2. The van der Waals surface area contributed by atoms with Gasteiger partial charge in [0, 0.05) is 18.8 Å². The quantitative estimate of drug-likeness (QED) is 0.484. The Kier molecular flexibility index (Phi) is 7.01. The van der Waals surface area contributed by atoms with E-state index in [2.05, 4.69) is 10.3 Å². The third-order valence-electron chi connectivity index (χ3n) is 5.53. The lowest BCUT2D eigenvalue weighted by Gasteiger charge is -2.26. The Morgan fingerprint density at radius 3 is 2.61 bits per heavy atom. The third-order valence-corrected chi connectivity index (χ3v) is 8.37. The molecule has 1 aliphatic rings. The second kappa shape index (κ2) is 9.78. The number of fused-ring (bicyclic) bond motifs is 1. The fraction of sp³-hybridized carbons (Fsp3) is 0.364. The molecule has 2 heterocycles. The first-order valence-corrected chi connectivity index (χ1v) is 13.0. The molecule has 0 aliphatic carbocycles. The van der Waals surface area contributed by atoms with Crippen LogP contribution in [0.1, 0.15) is 31.4 Å². The van der Waals surface area contributed by atoms with Crippen molar-refractivity contribution in [3.8, 4) is 0 Å². The van der Waals surface area contributed by atoms with Gasteiger partial charge in [0.15, 0.2) is 5.16 Å². The van der Waals surface area contributed by atoms with Crippen LogP contribution in [0.15, 0.2) is 52.5 Å². The highest BCUT2D eigenvalue weighted by atomic mass is 32.2. The lowest BCUT2D eigenvalue weighted by Crippen LogP contribution is -2.35. The van der Waals surface area contributed by atoms with E-state index in [9.17, 15) is 22.0 Å². The van der Waals surface area contributed by atoms with Gasteiger partial charge < -0.3 is 5.32 Å². The van der Waals surface area contributed by atoms with Gasteiger partial charge in [0.05, 0.1) is 21.7 Å². The van der Waals surface area contributed by atoms with E-state index in [1.807, 2.05) is 0 Å². The number of imidazole rings is 1. The number of rotatable bonds is 7. The third kappa shape index (κ3) is 5.04. The van der Waals surface area contributed by atoms with Gasteiger partial charge in [0.1, 0.15) is 0 Å². The molecule has 1 aliphatic heterocycles. The van der Waals surface area contributed by atoms with Crippen LogP contribution in [0.4, 0.5) is 14.5 Å². The van der Waals surface area contributed by atoms with Crippen LogP contribution in [0.5, 0.6) is 0 Å². The predicted octanol–water partition coefficient (Wildman–Crippen LogP) is 4.65. The number of amides is 1. The smallest absolute Gasteiger partial charge is 0.321 e. The summed E-state index contributed by atoms with van der Waals surface area (Å²) in [5.74, 6) is -0.595. The van der Waals surface area contributed by atoms with E-state index in [4.69, 9.17) is 0 Å². The van der Waals surface area contributed by atoms with Crippen molar-refractivity contribution in [2.75, 3.05) is 24.2 Å². The fourth-order valence-corrected chi connectivity index (χ4v) is 6.14. The summed E-state index contributed by atoms with van der Waals surface area (Å²) in [5, 5.41) is 2.75. The molecule has 0 saturated carbocycles. The molecule has 0 radical (unpaired) electrons. The normalized spacial score (nSPS) is 15.3. The number of halogens is 2. The van der Waals surface area contributed by atoms with Gasteiger partial charge >= 0.3 is 6.55 Å². The summed E-state index contributed by atoms with van der Waals surface area (Å²) < 4.78 is 55.3. The number of benzene rings is 2. The molecule has 0 bridgehead atoms. The van der Waals surface area contributed by atoms with Crippen molar-refractivity contribution in [1.29, 1.82) is 0 Å². The van der Waals surface area contributed by atoms with Crippen LogP contribution in [-0.4, -0.2) is 47.0 Å². The molecule has 1 amide bonds. The number of aromatic nitrogens is 2. The summed E-state index contributed by atoms with van der Waals surface area (Å²) in [4.78, 5) is 16.9. The van der Waals surface area contributed by atoms with E-state index in [-0.39, 0.29) is 15.8 Å². The summed E-state index contributed by atoms with van der Waals surface area (Å²) in [6.45, 7) is -0.0581. The summed E-state index contributed by atoms with van der Waals surface area (Å²) >= 11 is 0.900. The number of nitrogens with one attached hydrogen (secondary N) is 1. The zero-order chi connectivity index (χ0) is 23.6. The van der Waals surface area contributed by atoms with E-state index < -0.39 is 22.5 Å². The molecule has 7 nitrogen and oxygen atoms in total. The molecule has 1 saturated heterocycles. The van der Waals surface area contributed by atoms with Crippen LogP contribution in [0.25, 0.3) is 11.0 Å². The first-order chi connectivity index (χ1) is 15.8. The lowest BCUT2D eigenvalue weighted by molar-refractivity contribution is -0.113. The molecule has 11 heteroatoms. The van der Waals surface area contributed by atoms with Crippen molar-refractivity contribution in [3.63, 3.8) is 0 Å². The Labute approximate surface area is 195 Å². The molecule has 1 N–H and O–H groups in total. The number of carbonyl (C=O) groups is 1. The topological polar surface area (TPSA) is 84.3 Å². The first-order valence-electron chi connectivity index (χ1n) is 10.6. The maximum absolute atomic E-state index is 13.6. The minimum atomic E-state index is -3.64. The van der Waals surface area contributed by atoms with Crippen molar-refractivity contribution >= 4 is 44.4 Å². The predicted molar refractivity (Wildman–Crippen MR) is 124 cm³/mol. The van der Waals surface area contributed by atoms with E-state index in [0.717, 1.165) is 35.6 Å². The van der Waals surface area contributed by atoms with Gasteiger partial charge in [-0.15, -0.1) is 0 Å². The Morgan fingerprint density at radius 2 is 1.88 bits per heavy atom. The summed E-state index contributed by atoms with van der Waals surface area (Å²) in [6.07, 6.45) is 2.67. The second-order valence-corrected chi connectivity index (χ2v) is 10.7. The van der Waals surface area contributed by atoms with E-state index in [1.165, 1.54) is 16.4 Å². The van der Waals surface area contributed by atoms with E-state index in [1.54, 1.807) is 37.3 Å². The molecule has 0 atom stereocenters. The molecule has 0 spiro atoms. The molecular weight excluding hydrogens is 470 g/mol. The number of sulfonamides is 1. The average Bonchev–Trinajstić information content (AvgIpc) is 3.18. The number of para-hydroxylation sites is 2. The van der Waals surface area contributed by atoms with Gasteiger partial charge in [-0.2, -0.15) is 13.1 Å². The summed E-state index contributed by atoms with van der Waals surface area (Å²) in [6, 6.07) is 11.2. The average molecular weight is 495 g/mol. The van der Waals surface area contributed by atoms with Crippen molar-refractivity contribution in [2.45, 2.75) is 42.8 Å². The standard InChI is InChI=1S/C22H24F2N4O3S2/c1-15-9-10-16(33(30,31)27-11-5-2-6-12-27)13-18(15)25-20(29)14-32-22-26-17-7-3-4-8-19(17)28(22)21(23)24/h3-4,7-10,13,21H,2,5-6,11-12,14H2,1H3,(H,25,29). The van der Waals surface area contributed by atoms with Crippen LogP contribution in [0, 0.1) is 6.92 Å². The van der Waals surface area contributed by atoms with Crippen molar-refractivity contribution < 1.29 is 22.0 Å². The highest BCUT2D eigenvalue weighted by Crippen LogP contribution is 2.30. The number of hydrogen-bond donors (Lipinski definition) is 1. The summed E-state index contributed by atoms with van der Waals surface area (Å²) in [5.41, 5.74) is 1.79. The van der Waals surface area contributed by atoms with Gasteiger partial charge in [-0.25, -0.2) is 13.4 Å². The summed E-state index contributed by atoms with van der Waals surface area (Å²) in [7, 11) is -3.64. The second-order valence-electron chi connectivity index (χ2n) is 7.81. The number of hydrogen-bond acceptors (Lipinski definition) is 5. The molecule has 4 rings (SSSR count). The maximum atomic E-state index is 13.6. The number of carbonyl (C=O) groups excluding carboxylic acids is 1. The van der Waals surface area contributed by atoms with Crippen molar-refractivity contribution in [1.82, 2.24) is 13.9 Å².